The molecule has 144 valence electrons. The molecule has 29 heavy (non-hydrogen) atoms. The number of ether oxygens (including phenoxy) is 1. The number of hydrogen-bond donors (Lipinski definition) is 1. The second kappa shape index (κ2) is 9.12. The number of benzene rings is 2. The largest absolute Gasteiger partial charge is 0.489 e. The van der Waals surface area contributed by atoms with Crippen LogP contribution in [-0.4, -0.2) is 15.9 Å². The van der Waals surface area contributed by atoms with Gasteiger partial charge in [-0.1, -0.05) is 42.5 Å². The molecule has 6 heteroatoms. The van der Waals surface area contributed by atoms with Crippen molar-refractivity contribution in [3.8, 4) is 16.3 Å². The van der Waals surface area contributed by atoms with Gasteiger partial charge in [-0.05, 0) is 35.2 Å². The van der Waals surface area contributed by atoms with Crippen molar-refractivity contribution in [3.05, 3.63) is 101 Å². The third kappa shape index (κ3) is 4.86. The van der Waals surface area contributed by atoms with E-state index < -0.39 is 0 Å². The van der Waals surface area contributed by atoms with Crippen LogP contribution in [0, 0.1) is 0 Å². The fourth-order valence-corrected chi connectivity index (χ4v) is 3.59. The molecule has 0 atom stereocenters. The van der Waals surface area contributed by atoms with Crippen molar-refractivity contribution in [2.24, 2.45) is 0 Å². The number of carbonyl (C=O) groups is 1. The number of amides is 1. The monoisotopic (exact) mass is 401 g/mol. The number of thiophene rings is 1. The van der Waals surface area contributed by atoms with Gasteiger partial charge in [-0.25, -0.2) is 0 Å². The minimum atomic E-state index is -0.182. The quantitative estimate of drug-likeness (QED) is 0.487. The Labute approximate surface area is 173 Å². The first-order valence-corrected chi connectivity index (χ1v) is 10.1. The Morgan fingerprint density at radius 1 is 0.966 bits per heavy atom. The molecule has 0 radical (unpaired) electrons. The van der Waals surface area contributed by atoms with Crippen LogP contribution in [0.5, 0.6) is 5.75 Å². The number of nitrogens with one attached hydrogen (secondary N) is 1. The highest BCUT2D eigenvalue weighted by Crippen LogP contribution is 2.24. The van der Waals surface area contributed by atoms with Gasteiger partial charge in [0, 0.05) is 18.0 Å². The highest BCUT2D eigenvalue weighted by atomic mass is 32.1. The van der Waals surface area contributed by atoms with Crippen molar-refractivity contribution in [2.75, 3.05) is 0 Å². The molecule has 0 aliphatic heterocycles. The molecule has 2 aromatic carbocycles. The van der Waals surface area contributed by atoms with Crippen molar-refractivity contribution in [2.45, 2.75) is 13.2 Å². The van der Waals surface area contributed by atoms with Crippen LogP contribution in [0.4, 0.5) is 0 Å². The summed E-state index contributed by atoms with van der Waals surface area (Å²) in [6, 6.07) is 21.0. The molecule has 2 heterocycles. The minimum absolute atomic E-state index is 0.182. The Balaban J connectivity index is 1.41. The third-order valence-corrected chi connectivity index (χ3v) is 5.17. The van der Waals surface area contributed by atoms with Crippen LogP contribution in [-0.2, 0) is 13.2 Å². The van der Waals surface area contributed by atoms with E-state index >= 15 is 0 Å². The highest BCUT2D eigenvalue weighted by molar-refractivity contribution is 7.13. The van der Waals surface area contributed by atoms with Crippen LogP contribution in [0.15, 0.2) is 84.5 Å². The standard InChI is InChI=1S/C23H19N3O2S/c27-23(26-15-20-22(25-12-11-24-20)21-10-5-13-29-21)18-8-4-9-19(14-18)28-16-17-6-2-1-3-7-17/h1-14H,15-16H2,(H,26,27). The van der Waals surface area contributed by atoms with Crippen LogP contribution in [0.2, 0.25) is 0 Å². The van der Waals surface area contributed by atoms with E-state index in [0.29, 0.717) is 24.5 Å². The zero-order chi connectivity index (χ0) is 19.9. The van der Waals surface area contributed by atoms with E-state index in [1.54, 1.807) is 35.9 Å². The fraction of sp³-hybridized carbons (Fsp3) is 0.0870. The lowest BCUT2D eigenvalue weighted by Gasteiger charge is -2.10. The lowest BCUT2D eigenvalue weighted by molar-refractivity contribution is 0.0950. The van der Waals surface area contributed by atoms with Crippen molar-refractivity contribution >= 4 is 17.2 Å². The van der Waals surface area contributed by atoms with Crippen LogP contribution < -0.4 is 10.1 Å². The molecule has 0 unspecified atom stereocenters. The molecule has 4 aromatic rings. The molecule has 0 saturated heterocycles. The molecular formula is C23H19N3O2S. The van der Waals surface area contributed by atoms with Gasteiger partial charge in [-0.15, -0.1) is 11.3 Å². The Morgan fingerprint density at radius 3 is 2.66 bits per heavy atom. The molecule has 0 bridgehead atoms. The average molecular weight is 401 g/mol. The molecule has 0 aliphatic carbocycles. The van der Waals surface area contributed by atoms with Gasteiger partial charge < -0.3 is 10.1 Å². The number of nitrogens with zero attached hydrogens (tertiary/aromatic N) is 2. The topological polar surface area (TPSA) is 64.1 Å². The third-order valence-electron chi connectivity index (χ3n) is 4.29. The SMILES string of the molecule is O=C(NCc1nccnc1-c1cccs1)c1cccc(OCc2ccccc2)c1. The van der Waals surface area contributed by atoms with Gasteiger partial charge in [0.15, 0.2) is 0 Å². The molecule has 2 aromatic heterocycles. The van der Waals surface area contributed by atoms with Crippen LogP contribution >= 0.6 is 11.3 Å². The zero-order valence-electron chi connectivity index (χ0n) is 15.6. The maximum Gasteiger partial charge on any atom is 0.251 e. The van der Waals surface area contributed by atoms with E-state index in [1.165, 1.54) is 0 Å². The summed E-state index contributed by atoms with van der Waals surface area (Å²) in [7, 11) is 0. The first-order valence-electron chi connectivity index (χ1n) is 9.18. The minimum Gasteiger partial charge on any atom is -0.489 e. The molecule has 5 nitrogen and oxygen atoms in total. The molecule has 1 N–H and O–H groups in total. The lowest BCUT2D eigenvalue weighted by Crippen LogP contribution is -2.23. The average Bonchev–Trinajstić information content (AvgIpc) is 3.32. The zero-order valence-corrected chi connectivity index (χ0v) is 16.4. The summed E-state index contributed by atoms with van der Waals surface area (Å²) in [5, 5.41) is 4.92. The molecule has 0 fully saturated rings. The Bertz CT molecular complexity index is 1080. The summed E-state index contributed by atoms with van der Waals surface area (Å²) in [6.45, 7) is 0.755. The molecule has 0 saturated carbocycles. The predicted molar refractivity (Wildman–Crippen MR) is 114 cm³/mol. The summed E-state index contributed by atoms with van der Waals surface area (Å²) in [6.07, 6.45) is 3.30. The summed E-state index contributed by atoms with van der Waals surface area (Å²) >= 11 is 1.59. The van der Waals surface area contributed by atoms with Crippen molar-refractivity contribution in [3.63, 3.8) is 0 Å². The van der Waals surface area contributed by atoms with E-state index in [9.17, 15) is 4.79 Å². The van der Waals surface area contributed by atoms with E-state index in [0.717, 1.165) is 21.8 Å². The van der Waals surface area contributed by atoms with E-state index in [1.807, 2.05) is 60.0 Å². The van der Waals surface area contributed by atoms with Gasteiger partial charge in [-0.3, -0.25) is 14.8 Å². The summed E-state index contributed by atoms with van der Waals surface area (Å²) in [5.74, 6) is 0.471. The van der Waals surface area contributed by atoms with Gasteiger partial charge in [0.1, 0.15) is 18.1 Å². The number of rotatable bonds is 7. The Morgan fingerprint density at radius 2 is 1.83 bits per heavy atom. The summed E-state index contributed by atoms with van der Waals surface area (Å²) < 4.78 is 5.81. The van der Waals surface area contributed by atoms with Gasteiger partial charge >= 0.3 is 0 Å². The smallest absolute Gasteiger partial charge is 0.251 e. The molecule has 0 aliphatic rings. The van der Waals surface area contributed by atoms with E-state index in [4.69, 9.17) is 4.74 Å². The van der Waals surface area contributed by atoms with Crippen molar-refractivity contribution in [1.82, 2.24) is 15.3 Å². The maximum atomic E-state index is 12.6. The van der Waals surface area contributed by atoms with Crippen LogP contribution in [0.1, 0.15) is 21.6 Å². The summed E-state index contributed by atoms with van der Waals surface area (Å²) in [5.41, 5.74) is 3.14. The number of aromatic nitrogens is 2. The Kier molecular flexibility index (Phi) is 5.92. The molecule has 4 rings (SSSR count). The Hall–Kier alpha value is -3.51. The van der Waals surface area contributed by atoms with Crippen molar-refractivity contribution in [1.29, 1.82) is 0 Å². The number of hydrogen-bond acceptors (Lipinski definition) is 5. The second-order valence-corrected chi connectivity index (χ2v) is 7.26. The van der Waals surface area contributed by atoms with E-state index in [-0.39, 0.29) is 5.91 Å². The molecule has 1 amide bonds. The number of carbonyl (C=O) groups excluding carboxylic acids is 1. The van der Waals surface area contributed by atoms with Crippen LogP contribution in [0.25, 0.3) is 10.6 Å². The predicted octanol–water partition coefficient (Wildman–Crippen LogP) is 4.71. The molecule has 0 spiro atoms. The fourth-order valence-electron chi connectivity index (χ4n) is 2.85. The van der Waals surface area contributed by atoms with Gasteiger partial charge in [-0.2, -0.15) is 0 Å². The van der Waals surface area contributed by atoms with E-state index in [2.05, 4.69) is 15.3 Å². The van der Waals surface area contributed by atoms with Crippen LogP contribution in [0.3, 0.4) is 0 Å². The molecular weight excluding hydrogens is 382 g/mol. The summed E-state index contributed by atoms with van der Waals surface area (Å²) in [4.78, 5) is 22.5. The first kappa shape index (κ1) is 18.8. The highest BCUT2D eigenvalue weighted by Gasteiger charge is 2.12. The first-order chi connectivity index (χ1) is 14.3. The second-order valence-electron chi connectivity index (χ2n) is 6.31. The van der Waals surface area contributed by atoms with Gasteiger partial charge in [0.05, 0.1) is 17.1 Å². The van der Waals surface area contributed by atoms with Gasteiger partial charge in [0.25, 0.3) is 5.91 Å². The van der Waals surface area contributed by atoms with Gasteiger partial charge in [0.2, 0.25) is 0 Å². The lowest BCUT2D eigenvalue weighted by atomic mass is 10.2. The van der Waals surface area contributed by atoms with Crippen molar-refractivity contribution < 1.29 is 9.53 Å². The maximum absolute atomic E-state index is 12.6. The normalized spacial score (nSPS) is 10.5.